The third kappa shape index (κ3) is 4.36. The number of carbonyl (C=O) groups is 2. The van der Waals surface area contributed by atoms with Crippen LogP contribution in [0.5, 0.6) is 0 Å². The van der Waals surface area contributed by atoms with Gasteiger partial charge in [-0.2, -0.15) is 0 Å². The summed E-state index contributed by atoms with van der Waals surface area (Å²) in [7, 11) is 1.82. The number of carboxylic acids is 1. The Bertz CT molecular complexity index is 308. The second-order valence-electron chi connectivity index (χ2n) is 5.99. The van der Waals surface area contributed by atoms with Crippen LogP contribution in [-0.4, -0.2) is 35.0 Å². The maximum absolute atomic E-state index is 12.0. The highest BCUT2D eigenvalue weighted by molar-refractivity contribution is 5.78. The van der Waals surface area contributed by atoms with Crippen LogP contribution in [0.2, 0.25) is 0 Å². The quantitative estimate of drug-likeness (QED) is 0.775. The lowest BCUT2D eigenvalue weighted by molar-refractivity contribution is -0.140. The maximum atomic E-state index is 12.0. The number of hydrogen-bond acceptors (Lipinski definition) is 2. The summed E-state index contributed by atoms with van der Waals surface area (Å²) in [4.78, 5) is 24.5. The highest BCUT2D eigenvalue weighted by Gasteiger charge is 2.34. The van der Waals surface area contributed by atoms with E-state index in [0.29, 0.717) is 12.3 Å². The van der Waals surface area contributed by atoms with Crippen LogP contribution < -0.4 is 0 Å². The largest absolute Gasteiger partial charge is 0.481 e. The van der Waals surface area contributed by atoms with Crippen LogP contribution in [0.25, 0.3) is 0 Å². The summed E-state index contributed by atoms with van der Waals surface area (Å²) in [6, 6.07) is 0.281. The number of nitrogens with zero attached hydrogens (tertiary/aromatic N) is 1. The van der Waals surface area contributed by atoms with E-state index in [0.717, 1.165) is 0 Å². The molecular weight excluding hydrogens is 218 g/mol. The van der Waals surface area contributed by atoms with E-state index >= 15 is 0 Å². The van der Waals surface area contributed by atoms with Gasteiger partial charge in [0.25, 0.3) is 0 Å². The molecule has 1 aliphatic carbocycles. The predicted molar refractivity (Wildman–Crippen MR) is 65.6 cm³/mol. The van der Waals surface area contributed by atoms with Gasteiger partial charge in [0.2, 0.25) is 5.91 Å². The molecule has 4 nitrogen and oxygen atoms in total. The first kappa shape index (κ1) is 14.0. The van der Waals surface area contributed by atoms with Crippen LogP contribution in [-0.2, 0) is 9.59 Å². The molecular formula is C13H23NO3. The van der Waals surface area contributed by atoms with E-state index in [-0.39, 0.29) is 18.4 Å². The topological polar surface area (TPSA) is 57.6 Å². The summed E-state index contributed by atoms with van der Waals surface area (Å²) >= 11 is 0. The Morgan fingerprint density at radius 2 is 1.88 bits per heavy atom. The average molecular weight is 241 g/mol. The first-order valence-electron chi connectivity index (χ1n) is 6.20. The standard InChI is InChI=1S/C13H23NO3/c1-9(10-5-6-10)14(4)11(15)7-13(2,3)8-12(16)17/h9-10H,5-8H2,1-4H3,(H,16,17). The number of aliphatic carboxylic acids is 1. The van der Waals surface area contributed by atoms with Gasteiger partial charge in [-0.25, -0.2) is 0 Å². The van der Waals surface area contributed by atoms with Crippen molar-refractivity contribution in [1.29, 1.82) is 0 Å². The van der Waals surface area contributed by atoms with Gasteiger partial charge in [-0.15, -0.1) is 0 Å². The number of hydrogen-bond donors (Lipinski definition) is 1. The Morgan fingerprint density at radius 3 is 2.29 bits per heavy atom. The third-order valence-electron chi connectivity index (χ3n) is 3.57. The lowest BCUT2D eigenvalue weighted by Gasteiger charge is -2.29. The Morgan fingerprint density at radius 1 is 1.35 bits per heavy atom. The Hall–Kier alpha value is -1.06. The molecule has 0 aromatic carbocycles. The number of carbonyl (C=O) groups excluding carboxylic acids is 1. The van der Waals surface area contributed by atoms with E-state index in [1.165, 1.54) is 12.8 Å². The van der Waals surface area contributed by atoms with Crippen molar-refractivity contribution in [3.05, 3.63) is 0 Å². The molecule has 1 fully saturated rings. The van der Waals surface area contributed by atoms with E-state index in [9.17, 15) is 9.59 Å². The molecule has 0 aliphatic heterocycles. The fraction of sp³-hybridized carbons (Fsp3) is 0.846. The first-order chi connectivity index (χ1) is 7.73. The van der Waals surface area contributed by atoms with Crippen molar-refractivity contribution in [2.75, 3.05) is 7.05 Å². The summed E-state index contributed by atoms with van der Waals surface area (Å²) in [5.74, 6) is -0.150. The fourth-order valence-electron chi connectivity index (χ4n) is 2.13. The van der Waals surface area contributed by atoms with Gasteiger partial charge >= 0.3 is 5.97 Å². The van der Waals surface area contributed by atoms with E-state index in [4.69, 9.17) is 5.11 Å². The zero-order valence-corrected chi connectivity index (χ0v) is 11.2. The van der Waals surface area contributed by atoms with Crippen molar-refractivity contribution in [3.8, 4) is 0 Å². The molecule has 0 saturated heterocycles. The van der Waals surface area contributed by atoms with Crippen molar-refractivity contribution in [2.45, 2.75) is 52.5 Å². The normalized spacial score (nSPS) is 17.6. The first-order valence-corrected chi connectivity index (χ1v) is 6.20. The second kappa shape index (κ2) is 5.07. The number of rotatable bonds is 6. The Kier molecular flexibility index (Phi) is 4.17. The van der Waals surface area contributed by atoms with Gasteiger partial charge in [-0.3, -0.25) is 9.59 Å². The molecule has 1 unspecified atom stereocenters. The van der Waals surface area contributed by atoms with Crippen LogP contribution in [0.3, 0.4) is 0 Å². The van der Waals surface area contributed by atoms with E-state index in [2.05, 4.69) is 6.92 Å². The summed E-state index contributed by atoms with van der Waals surface area (Å²) in [6.45, 7) is 5.73. The van der Waals surface area contributed by atoms with E-state index < -0.39 is 11.4 Å². The smallest absolute Gasteiger partial charge is 0.303 e. The molecule has 98 valence electrons. The maximum Gasteiger partial charge on any atom is 0.303 e. The molecule has 0 aromatic heterocycles. The van der Waals surface area contributed by atoms with Crippen LogP contribution in [0.1, 0.15) is 46.5 Å². The van der Waals surface area contributed by atoms with Crippen LogP contribution >= 0.6 is 0 Å². The molecule has 1 N–H and O–H groups in total. The van der Waals surface area contributed by atoms with E-state index in [1.807, 2.05) is 20.9 Å². The summed E-state index contributed by atoms with van der Waals surface area (Å²) in [6.07, 6.45) is 2.74. The molecule has 1 aliphatic rings. The van der Waals surface area contributed by atoms with Gasteiger partial charge in [0.1, 0.15) is 0 Å². The van der Waals surface area contributed by atoms with Gasteiger partial charge in [0, 0.05) is 19.5 Å². The second-order valence-corrected chi connectivity index (χ2v) is 5.99. The summed E-state index contributed by atoms with van der Waals surface area (Å²) in [5.41, 5.74) is -0.472. The molecule has 1 atom stereocenters. The molecule has 4 heteroatoms. The lowest BCUT2D eigenvalue weighted by Crippen LogP contribution is -2.38. The summed E-state index contributed by atoms with van der Waals surface area (Å²) in [5, 5.41) is 8.78. The minimum atomic E-state index is -0.847. The van der Waals surface area contributed by atoms with Crippen LogP contribution in [0.4, 0.5) is 0 Å². The lowest BCUT2D eigenvalue weighted by atomic mass is 9.85. The highest BCUT2D eigenvalue weighted by Crippen LogP contribution is 2.35. The molecule has 0 spiro atoms. The predicted octanol–water partition coefficient (Wildman–Crippen LogP) is 2.13. The Balaban J connectivity index is 2.49. The van der Waals surface area contributed by atoms with Gasteiger partial charge < -0.3 is 10.0 Å². The average Bonchev–Trinajstić information content (AvgIpc) is 2.95. The van der Waals surface area contributed by atoms with Gasteiger partial charge in [-0.05, 0) is 31.1 Å². The molecule has 0 aromatic rings. The zero-order valence-electron chi connectivity index (χ0n) is 11.2. The Labute approximate surface area is 103 Å². The van der Waals surface area contributed by atoms with Crippen molar-refractivity contribution >= 4 is 11.9 Å². The fourth-order valence-corrected chi connectivity index (χ4v) is 2.13. The van der Waals surface area contributed by atoms with Gasteiger partial charge in [-0.1, -0.05) is 13.8 Å². The molecule has 1 saturated carbocycles. The van der Waals surface area contributed by atoms with Crippen molar-refractivity contribution in [2.24, 2.45) is 11.3 Å². The third-order valence-corrected chi connectivity index (χ3v) is 3.57. The summed E-state index contributed by atoms with van der Waals surface area (Å²) < 4.78 is 0. The highest BCUT2D eigenvalue weighted by atomic mass is 16.4. The minimum absolute atomic E-state index is 0.0321. The molecule has 1 amide bonds. The van der Waals surface area contributed by atoms with Gasteiger partial charge in [0.15, 0.2) is 0 Å². The SMILES string of the molecule is CC(C1CC1)N(C)C(=O)CC(C)(C)CC(=O)O. The zero-order chi connectivity index (χ0) is 13.2. The van der Waals surface area contributed by atoms with E-state index in [1.54, 1.807) is 4.90 Å². The monoisotopic (exact) mass is 241 g/mol. The van der Waals surface area contributed by atoms with Crippen LogP contribution in [0, 0.1) is 11.3 Å². The van der Waals surface area contributed by atoms with Gasteiger partial charge in [0.05, 0.1) is 6.42 Å². The number of amides is 1. The van der Waals surface area contributed by atoms with Crippen molar-refractivity contribution in [3.63, 3.8) is 0 Å². The molecule has 0 radical (unpaired) electrons. The van der Waals surface area contributed by atoms with Crippen molar-refractivity contribution in [1.82, 2.24) is 4.90 Å². The molecule has 0 bridgehead atoms. The van der Waals surface area contributed by atoms with Crippen molar-refractivity contribution < 1.29 is 14.7 Å². The molecule has 0 heterocycles. The molecule has 1 rings (SSSR count). The van der Waals surface area contributed by atoms with Crippen LogP contribution in [0.15, 0.2) is 0 Å². The molecule has 17 heavy (non-hydrogen) atoms. The number of carboxylic acid groups (broad SMARTS) is 1. The minimum Gasteiger partial charge on any atom is -0.481 e.